The molecular weight excluding hydrogens is 420 g/mol. The third kappa shape index (κ3) is 5.06. The van der Waals surface area contributed by atoms with E-state index < -0.39 is 6.10 Å². The molecule has 3 aromatic rings. The molecule has 1 saturated heterocycles. The zero-order valence-corrected chi connectivity index (χ0v) is 18.8. The molecule has 0 aliphatic carbocycles. The number of carbonyl (C=O) groups excluding carboxylic acids is 2. The molecule has 3 N–H and O–H groups in total. The van der Waals surface area contributed by atoms with E-state index in [1.165, 1.54) is 0 Å². The number of rotatable bonds is 7. The van der Waals surface area contributed by atoms with Crippen LogP contribution in [0.4, 0.5) is 17.2 Å². The summed E-state index contributed by atoms with van der Waals surface area (Å²) in [5.74, 6) is 0.686. The Morgan fingerprint density at radius 2 is 2.12 bits per heavy atom. The van der Waals surface area contributed by atoms with Crippen LogP contribution in [-0.2, 0) is 14.3 Å². The summed E-state index contributed by atoms with van der Waals surface area (Å²) in [5.41, 5.74) is 8.36. The van der Waals surface area contributed by atoms with Gasteiger partial charge in [0.2, 0.25) is 0 Å². The number of nitrogen functional groups attached to an aromatic ring is 1. The van der Waals surface area contributed by atoms with Crippen molar-refractivity contribution in [2.75, 3.05) is 35.7 Å². The van der Waals surface area contributed by atoms with Crippen LogP contribution in [0.15, 0.2) is 48.7 Å². The molecule has 0 spiro atoms. The van der Waals surface area contributed by atoms with Gasteiger partial charge in [0, 0.05) is 29.5 Å². The van der Waals surface area contributed by atoms with E-state index in [1.54, 1.807) is 17.2 Å². The van der Waals surface area contributed by atoms with Gasteiger partial charge in [-0.15, -0.1) is 0 Å². The fourth-order valence-electron chi connectivity index (χ4n) is 3.94. The lowest BCUT2D eigenvalue weighted by atomic mass is 10.1. The van der Waals surface area contributed by atoms with E-state index in [0.717, 1.165) is 28.4 Å². The second kappa shape index (κ2) is 9.87. The summed E-state index contributed by atoms with van der Waals surface area (Å²) in [6.07, 6.45) is 2.34. The predicted molar refractivity (Wildman–Crippen MR) is 128 cm³/mol. The van der Waals surface area contributed by atoms with Gasteiger partial charge >= 0.3 is 0 Å². The highest BCUT2D eigenvalue weighted by atomic mass is 16.5. The number of morpholine rings is 1. The van der Waals surface area contributed by atoms with E-state index in [2.05, 4.69) is 10.3 Å². The maximum Gasteiger partial charge on any atom is 0.265 e. The number of aromatic nitrogens is 1. The van der Waals surface area contributed by atoms with Crippen molar-refractivity contribution in [1.82, 2.24) is 4.98 Å². The van der Waals surface area contributed by atoms with Gasteiger partial charge in [0.1, 0.15) is 18.2 Å². The van der Waals surface area contributed by atoms with Gasteiger partial charge < -0.3 is 25.4 Å². The van der Waals surface area contributed by atoms with Gasteiger partial charge in [0.25, 0.3) is 11.8 Å². The molecule has 1 aliphatic heterocycles. The minimum absolute atomic E-state index is 0.0660. The van der Waals surface area contributed by atoms with Crippen molar-refractivity contribution < 1.29 is 19.1 Å². The number of nitrogens with two attached hydrogens (primary N) is 1. The van der Waals surface area contributed by atoms with Crippen LogP contribution in [0.25, 0.3) is 10.8 Å². The summed E-state index contributed by atoms with van der Waals surface area (Å²) >= 11 is 0. The molecule has 0 bridgehead atoms. The Labute approximate surface area is 192 Å². The first-order valence-corrected chi connectivity index (χ1v) is 11.1. The van der Waals surface area contributed by atoms with Gasteiger partial charge in [0.15, 0.2) is 6.10 Å². The number of carbonyl (C=O) groups is 2. The second-order valence-electron chi connectivity index (χ2n) is 8.06. The van der Waals surface area contributed by atoms with Gasteiger partial charge in [-0.2, -0.15) is 0 Å². The number of aryl methyl sites for hydroxylation is 1. The largest absolute Gasteiger partial charge is 0.481 e. The molecular formula is C25H28N4O4. The molecule has 2 aromatic carbocycles. The predicted octanol–water partition coefficient (Wildman–Crippen LogP) is 3.67. The maximum absolute atomic E-state index is 13.0. The number of anilines is 3. The molecule has 0 saturated carbocycles. The third-order valence-corrected chi connectivity index (χ3v) is 5.63. The molecule has 4 rings (SSSR count). The van der Waals surface area contributed by atoms with Crippen LogP contribution in [-0.4, -0.2) is 42.7 Å². The van der Waals surface area contributed by atoms with E-state index in [-0.39, 0.29) is 18.4 Å². The zero-order chi connectivity index (χ0) is 23.4. The Hall–Kier alpha value is -3.65. The molecule has 2 heterocycles. The highest BCUT2D eigenvalue weighted by Crippen LogP contribution is 2.27. The number of hydrogen-bond donors (Lipinski definition) is 2. The maximum atomic E-state index is 13.0. The Kier molecular flexibility index (Phi) is 6.74. The van der Waals surface area contributed by atoms with Crippen LogP contribution in [0.2, 0.25) is 0 Å². The van der Waals surface area contributed by atoms with Gasteiger partial charge in [0.05, 0.1) is 6.61 Å². The molecule has 33 heavy (non-hydrogen) atoms. The smallest absolute Gasteiger partial charge is 0.265 e. The van der Waals surface area contributed by atoms with Crippen LogP contribution >= 0.6 is 0 Å². The quantitative estimate of drug-likeness (QED) is 0.571. The van der Waals surface area contributed by atoms with Crippen LogP contribution < -0.4 is 20.7 Å². The SMILES string of the molecule is CCCC(Oc1ccc2ccnc(N)c2c1)C(=O)Nc1ccc(N2CCOCC2=O)c(C)c1. The third-order valence-electron chi connectivity index (χ3n) is 5.63. The lowest BCUT2D eigenvalue weighted by molar-refractivity contribution is -0.125. The molecule has 8 nitrogen and oxygen atoms in total. The summed E-state index contributed by atoms with van der Waals surface area (Å²) < 4.78 is 11.3. The molecule has 1 unspecified atom stereocenters. The van der Waals surface area contributed by atoms with Gasteiger partial charge in [-0.3, -0.25) is 9.59 Å². The van der Waals surface area contributed by atoms with E-state index in [1.807, 2.05) is 50.2 Å². The fourth-order valence-corrected chi connectivity index (χ4v) is 3.94. The lowest BCUT2D eigenvalue weighted by Gasteiger charge is -2.28. The van der Waals surface area contributed by atoms with Crippen molar-refractivity contribution in [3.8, 4) is 5.75 Å². The zero-order valence-electron chi connectivity index (χ0n) is 18.8. The molecule has 2 amide bonds. The first kappa shape index (κ1) is 22.5. The number of amides is 2. The number of benzene rings is 2. The second-order valence-corrected chi connectivity index (χ2v) is 8.06. The van der Waals surface area contributed by atoms with Crippen molar-refractivity contribution >= 4 is 39.8 Å². The summed E-state index contributed by atoms with van der Waals surface area (Å²) in [4.78, 5) is 31.0. The standard InChI is InChI=1S/C25H28N4O4/c1-3-4-22(33-19-7-5-17-9-10-27-24(26)20(17)14-19)25(31)28-18-6-8-21(16(2)13-18)29-11-12-32-15-23(29)30/h5-10,13-14,22H,3-4,11-12,15H2,1-2H3,(H2,26,27)(H,28,31). The lowest BCUT2D eigenvalue weighted by Crippen LogP contribution is -2.42. The molecule has 1 aromatic heterocycles. The van der Waals surface area contributed by atoms with Crippen molar-refractivity contribution in [2.45, 2.75) is 32.8 Å². The number of pyridine rings is 1. The first-order chi connectivity index (χ1) is 16.0. The molecule has 0 radical (unpaired) electrons. The van der Waals surface area contributed by atoms with E-state index in [0.29, 0.717) is 36.8 Å². The van der Waals surface area contributed by atoms with Gasteiger partial charge in [-0.25, -0.2) is 4.98 Å². The van der Waals surface area contributed by atoms with Gasteiger partial charge in [-0.1, -0.05) is 19.4 Å². The van der Waals surface area contributed by atoms with Crippen LogP contribution in [0, 0.1) is 6.92 Å². The van der Waals surface area contributed by atoms with Crippen molar-refractivity contribution in [3.63, 3.8) is 0 Å². The topological polar surface area (TPSA) is 107 Å². The summed E-state index contributed by atoms with van der Waals surface area (Å²) in [5, 5.41) is 4.69. The van der Waals surface area contributed by atoms with Crippen LogP contribution in [0.1, 0.15) is 25.3 Å². The molecule has 1 fully saturated rings. The van der Waals surface area contributed by atoms with E-state index in [9.17, 15) is 9.59 Å². The normalized spacial score (nSPS) is 14.8. The van der Waals surface area contributed by atoms with Crippen molar-refractivity contribution in [1.29, 1.82) is 0 Å². The highest BCUT2D eigenvalue weighted by molar-refractivity contribution is 5.97. The fraction of sp³-hybridized carbons (Fsp3) is 0.320. The Bertz CT molecular complexity index is 1180. The number of nitrogens with one attached hydrogen (secondary N) is 1. The summed E-state index contributed by atoms with van der Waals surface area (Å²) in [7, 11) is 0. The summed E-state index contributed by atoms with van der Waals surface area (Å²) in [6, 6.07) is 12.9. The average Bonchev–Trinajstić information content (AvgIpc) is 2.80. The Morgan fingerprint density at radius 1 is 1.27 bits per heavy atom. The summed E-state index contributed by atoms with van der Waals surface area (Å²) in [6.45, 7) is 5.04. The van der Waals surface area contributed by atoms with Crippen LogP contribution in [0.3, 0.4) is 0 Å². The van der Waals surface area contributed by atoms with Gasteiger partial charge in [-0.05, 0) is 60.7 Å². The van der Waals surface area contributed by atoms with Crippen LogP contribution in [0.5, 0.6) is 5.75 Å². The monoisotopic (exact) mass is 448 g/mol. The molecule has 1 atom stereocenters. The minimum Gasteiger partial charge on any atom is -0.481 e. The molecule has 8 heteroatoms. The molecule has 1 aliphatic rings. The van der Waals surface area contributed by atoms with Crippen molar-refractivity contribution in [3.05, 3.63) is 54.2 Å². The Morgan fingerprint density at radius 3 is 2.88 bits per heavy atom. The first-order valence-electron chi connectivity index (χ1n) is 11.1. The minimum atomic E-state index is -0.661. The number of ether oxygens (including phenoxy) is 2. The van der Waals surface area contributed by atoms with E-state index in [4.69, 9.17) is 15.2 Å². The average molecular weight is 449 g/mol. The number of nitrogens with zero attached hydrogens (tertiary/aromatic N) is 2. The number of fused-ring (bicyclic) bond motifs is 1. The van der Waals surface area contributed by atoms with Crippen molar-refractivity contribution in [2.24, 2.45) is 0 Å². The molecule has 172 valence electrons. The highest BCUT2D eigenvalue weighted by Gasteiger charge is 2.23. The van der Waals surface area contributed by atoms with E-state index >= 15 is 0 Å². The Balaban J connectivity index is 1.49. The number of hydrogen-bond acceptors (Lipinski definition) is 6.